The average molecular weight is 336 g/mol. The van der Waals surface area contributed by atoms with Gasteiger partial charge in [-0.15, -0.1) is 12.4 Å². The van der Waals surface area contributed by atoms with E-state index in [1.807, 2.05) is 0 Å². The lowest BCUT2D eigenvalue weighted by atomic mass is 10.1. The summed E-state index contributed by atoms with van der Waals surface area (Å²) in [6.45, 7) is 1.42. The van der Waals surface area contributed by atoms with E-state index in [1.54, 1.807) is 0 Å². The molecule has 7 nitrogen and oxygen atoms in total. The number of benzene rings is 1. The van der Waals surface area contributed by atoms with Crippen molar-refractivity contribution in [1.82, 2.24) is 10.6 Å². The van der Waals surface area contributed by atoms with Gasteiger partial charge >= 0.3 is 0 Å². The van der Waals surface area contributed by atoms with Crippen LogP contribution < -0.4 is 10.6 Å². The number of carbonyl (C=O) groups excluding carboxylic acids is 1. The monoisotopic (exact) mass is 335 g/mol. The maximum Gasteiger partial charge on any atom is 0.271 e. The van der Waals surface area contributed by atoms with E-state index in [4.69, 9.17) is 11.6 Å². The van der Waals surface area contributed by atoms with Crippen LogP contribution in [0.4, 0.5) is 5.69 Å². The summed E-state index contributed by atoms with van der Waals surface area (Å²) in [5.74, 6) is -0.511. The van der Waals surface area contributed by atoms with Crippen molar-refractivity contribution in [2.75, 3.05) is 19.6 Å². The van der Waals surface area contributed by atoms with Gasteiger partial charge in [-0.2, -0.15) is 0 Å². The number of aliphatic hydroxyl groups is 1. The number of hydrogen-bond donors (Lipinski definition) is 3. The molecule has 1 heterocycles. The molecule has 0 aliphatic carbocycles. The van der Waals surface area contributed by atoms with Gasteiger partial charge in [0.2, 0.25) is 0 Å². The molecule has 0 radical (unpaired) electrons. The number of rotatable bonds is 4. The molecule has 3 N–H and O–H groups in total. The van der Waals surface area contributed by atoms with Crippen LogP contribution in [0.15, 0.2) is 18.2 Å². The Kier molecular flexibility index (Phi) is 6.35. The summed E-state index contributed by atoms with van der Waals surface area (Å²) in [6.07, 6.45) is -0.496. The number of amides is 1. The van der Waals surface area contributed by atoms with Crippen LogP contribution in [0.3, 0.4) is 0 Å². The van der Waals surface area contributed by atoms with Crippen molar-refractivity contribution in [3.05, 3.63) is 38.9 Å². The number of nitrogens with one attached hydrogen (secondary N) is 2. The van der Waals surface area contributed by atoms with E-state index in [9.17, 15) is 20.0 Å². The zero-order chi connectivity index (χ0) is 14.7. The Morgan fingerprint density at radius 1 is 1.48 bits per heavy atom. The highest BCUT2D eigenvalue weighted by molar-refractivity contribution is 6.31. The van der Waals surface area contributed by atoms with E-state index in [-0.39, 0.29) is 34.6 Å². The number of β-amino-alcohol motifs (C(OH)–C–C–N with tert-alkyl or cyclic N) is 1. The van der Waals surface area contributed by atoms with E-state index in [2.05, 4.69) is 10.6 Å². The van der Waals surface area contributed by atoms with Crippen molar-refractivity contribution in [3.63, 3.8) is 0 Å². The maximum atomic E-state index is 11.9. The molecule has 1 saturated heterocycles. The smallest absolute Gasteiger partial charge is 0.271 e. The van der Waals surface area contributed by atoms with Crippen molar-refractivity contribution in [1.29, 1.82) is 0 Å². The number of aliphatic hydroxyl groups excluding tert-OH is 1. The van der Waals surface area contributed by atoms with Gasteiger partial charge in [0.25, 0.3) is 11.6 Å². The van der Waals surface area contributed by atoms with Gasteiger partial charge in [-0.25, -0.2) is 0 Å². The molecular weight excluding hydrogens is 321 g/mol. The first-order chi connectivity index (χ1) is 9.47. The lowest BCUT2D eigenvalue weighted by Gasteiger charge is -2.14. The molecule has 1 aromatic rings. The maximum absolute atomic E-state index is 11.9. The molecule has 1 aliphatic rings. The quantitative estimate of drug-likeness (QED) is 0.562. The molecule has 9 heteroatoms. The minimum atomic E-state index is -0.604. The fraction of sp³-hybridized carbons (Fsp3) is 0.417. The lowest BCUT2D eigenvalue weighted by Crippen LogP contribution is -2.34. The lowest BCUT2D eigenvalue weighted by molar-refractivity contribution is -0.384. The summed E-state index contributed by atoms with van der Waals surface area (Å²) >= 11 is 5.75. The zero-order valence-corrected chi connectivity index (χ0v) is 12.5. The Morgan fingerprint density at radius 3 is 2.76 bits per heavy atom. The summed E-state index contributed by atoms with van der Waals surface area (Å²) in [5, 5.41) is 26.1. The van der Waals surface area contributed by atoms with E-state index in [0.29, 0.717) is 19.6 Å². The van der Waals surface area contributed by atoms with Gasteiger partial charge < -0.3 is 15.7 Å². The second-order valence-electron chi connectivity index (χ2n) is 4.65. The predicted octanol–water partition coefficient (Wildman–Crippen LogP) is 0.980. The molecule has 0 aromatic heterocycles. The first kappa shape index (κ1) is 17.6. The van der Waals surface area contributed by atoms with E-state index < -0.39 is 16.9 Å². The largest absolute Gasteiger partial charge is 0.391 e. The van der Waals surface area contributed by atoms with Crippen LogP contribution in [-0.4, -0.2) is 41.7 Å². The van der Waals surface area contributed by atoms with Crippen LogP contribution in [0.2, 0.25) is 5.02 Å². The van der Waals surface area contributed by atoms with Gasteiger partial charge in [0, 0.05) is 48.3 Å². The molecule has 1 aromatic carbocycles. The topological polar surface area (TPSA) is 104 Å². The third-order valence-electron chi connectivity index (χ3n) is 3.18. The zero-order valence-electron chi connectivity index (χ0n) is 10.9. The van der Waals surface area contributed by atoms with Gasteiger partial charge in [-0.3, -0.25) is 14.9 Å². The molecule has 2 unspecified atom stereocenters. The second kappa shape index (κ2) is 7.56. The van der Waals surface area contributed by atoms with Crippen LogP contribution in [0.25, 0.3) is 0 Å². The van der Waals surface area contributed by atoms with Gasteiger partial charge in [-0.05, 0) is 6.07 Å². The molecule has 1 aliphatic heterocycles. The highest BCUT2D eigenvalue weighted by atomic mass is 35.5. The molecule has 1 fully saturated rings. The SMILES string of the molecule is Cl.O=C(NCC1CNCC1O)c1cc(Cl)cc([N+](=O)[O-])c1. The first-order valence-electron chi connectivity index (χ1n) is 6.09. The van der Waals surface area contributed by atoms with Crippen molar-refractivity contribution in [2.45, 2.75) is 6.10 Å². The number of nitrogens with zero attached hydrogens (tertiary/aromatic N) is 1. The average Bonchev–Trinajstić information content (AvgIpc) is 2.80. The number of non-ortho nitro benzene ring substituents is 1. The fourth-order valence-electron chi connectivity index (χ4n) is 2.06. The second-order valence-corrected chi connectivity index (χ2v) is 5.09. The third kappa shape index (κ3) is 4.53. The summed E-state index contributed by atoms with van der Waals surface area (Å²) < 4.78 is 0. The van der Waals surface area contributed by atoms with Gasteiger partial charge in [0.1, 0.15) is 0 Å². The minimum Gasteiger partial charge on any atom is -0.391 e. The molecular formula is C12H15Cl2N3O4. The number of halogens is 2. The normalized spacial score (nSPS) is 20.7. The van der Waals surface area contributed by atoms with E-state index >= 15 is 0 Å². The van der Waals surface area contributed by atoms with Crippen LogP contribution >= 0.6 is 24.0 Å². The number of nitro groups is 1. The van der Waals surface area contributed by atoms with Crippen molar-refractivity contribution < 1.29 is 14.8 Å². The Balaban J connectivity index is 0.00000220. The summed E-state index contributed by atoms with van der Waals surface area (Å²) in [4.78, 5) is 22.0. The van der Waals surface area contributed by atoms with Crippen molar-refractivity contribution >= 4 is 35.6 Å². The van der Waals surface area contributed by atoms with Crippen LogP contribution in [-0.2, 0) is 0 Å². The Bertz CT molecular complexity index is 541. The molecule has 2 rings (SSSR count). The van der Waals surface area contributed by atoms with Crippen LogP contribution in [0.5, 0.6) is 0 Å². The number of nitro benzene ring substituents is 1. The molecule has 2 atom stereocenters. The van der Waals surface area contributed by atoms with Crippen LogP contribution in [0.1, 0.15) is 10.4 Å². The standard InChI is InChI=1S/C12H14ClN3O4.ClH/c13-9-1-7(2-10(3-9)16(19)20)12(18)15-5-8-4-14-6-11(8)17;/h1-3,8,11,14,17H,4-6H2,(H,15,18);1H. The Labute approximate surface area is 132 Å². The van der Waals surface area contributed by atoms with Gasteiger partial charge in [0.15, 0.2) is 0 Å². The van der Waals surface area contributed by atoms with Crippen molar-refractivity contribution in [2.24, 2.45) is 5.92 Å². The fourth-order valence-corrected chi connectivity index (χ4v) is 2.29. The molecule has 0 saturated carbocycles. The van der Waals surface area contributed by atoms with Crippen LogP contribution in [0, 0.1) is 16.0 Å². The molecule has 21 heavy (non-hydrogen) atoms. The molecule has 0 bridgehead atoms. The highest BCUT2D eigenvalue weighted by Crippen LogP contribution is 2.21. The van der Waals surface area contributed by atoms with Crippen molar-refractivity contribution in [3.8, 4) is 0 Å². The molecule has 116 valence electrons. The highest BCUT2D eigenvalue weighted by Gasteiger charge is 2.25. The van der Waals surface area contributed by atoms with E-state index in [1.165, 1.54) is 18.2 Å². The Morgan fingerprint density at radius 2 is 2.19 bits per heavy atom. The van der Waals surface area contributed by atoms with Gasteiger partial charge in [0.05, 0.1) is 11.0 Å². The minimum absolute atomic E-state index is 0. The number of hydrogen-bond acceptors (Lipinski definition) is 5. The summed E-state index contributed by atoms with van der Waals surface area (Å²) in [6, 6.07) is 3.72. The molecule has 1 amide bonds. The van der Waals surface area contributed by atoms with Gasteiger partial charge in [-0.1, -0.05) is 11.6 Å². The van der Waals surface area contributed by atoms with E-state index in [0.717, 1.165) is 0 Å². The first-order valence-corrected chi connectivity index (χ1v) is 6.47. The number of carbonyl (C=O) groups is 1. The summed E-state index contributed by atoms with van der Waals surface area (Å²) in [7, 11) is 0. The Hall–Kier alpha value is -1.41. The summed E-state index contributed by atoms with van der Waals surface area (Å²) in [5.41, 5.74) is -0.102. The molecule has 0 spiro atoms. The third-order valence-corrected chi connectivity index (χ3v) is 3.40. The predicted molar refractivity (Wildman–Crippen MR) is 80.1 cm³/mol.